The molecule has 0 fully saturated rings. The first-order chi connectivity index (χ1) is 47.8. The van der Waals surface area contributed by atoms with Gasteiger partial charge in [0.25, 0.3) is 0 Å². The Balaban J connectivity index is 0.000000160. The molecule has 4 heterocycles. The summed E-state index contributed by atoms with van der Waals surface area (Å²) in [6, 6.07) is 84.3. The fourth-order valence-corrected chi connectivity index (χ4v) is 27.9. The summed E-state index contributed by atoms with van der Waals surface area (Å²) in [5.74, 6) is 0. The van der Waals surface area contributed by atoms with Crippen molar-refractivity contribution >= 4 is 93.8 Å². The van der Waals surface area contributed by atoms with Crippen molar-refractivity contribution in [2.45, 2.75) is 108 Å². The van der Waals surface area contributed by atoms with Gasteiger partial charge in [0.05, 0.1) is 52.9 Å². The maximum Gasteiger partial charge on any atom is 0.171 e. The molecule has 0 amide bonds. The average molecular weight is 1360 g/mol. The van der Waals surface area contributed by atoms with E-state index >= 15 is 9.13 Å². The Morgan fingerprint density at radius 2 is 0.418 bits per heavy atom. The molecule has 4 aliphatic heterocycles. The molecule has 4 aliphatic rings. The molecule has 0 saturated carbocycles. The van der Waals surface area contributed by atoms with Gasteiger partial charge in [-0.05, 0) is 214 Å². The van der Waals surface area contributed by atoms with E-state index in [1.54, 1.807) is 0 Å². The van der Waals surface area contributed by atoms with Crippen LogP contribution in [0, 0.1) is 55.4 Å². The lowest BCUT2D eigenvalue weighted by molar-refractivity contribution is 0.134. The molecule has 0 bridgehead atoms. The Morgan fingerprint density at radius 3 is 0.643 bits per heavy atom. The molecule has 12 aromatic carbocycles. The third kappa shape index (κ3) is 11.1. The second kappa shape index (κ2) is 27.5. The molecule has 0 unspecified atom stereocenters. The molecule has 0 aromatic heterocycles. The highest BCUT2D eigenvalue weighted by Crippen LogP contribution is 2.55. The van der Waals surface area contributed by atoms with E-state index in [-0.39, 0.29) is 0 Å². The smallest absolute Gasteiger partial charge is 0.171 e. The van der Waals surface area contributed by atoms with Crippen LogP contribution in [-0.2, 0) is 80.9 Å². The van der Waals surface area contributed by atoms with Crippen molar-refractivity contribution in [3.05, 3.63) is 332 Å². The van der Waals surface area contributed by atoms with E-state index < -0.39 is 30.1 Å². The zero-order valence-electron chi connectivity index (χ0n) is 57.0. The maximum absolute atomic E-state index is 16.6. The van der Waals surface area contributed by atoms with Crippen LogP contribution in [0.4, 0.5) is 0 Å². The standard InChI is InChI=1S/C44H40O4P2.C44H40O2P2/c1-29-37-25-47-27-39(37)31(3)43(49(45,33-17-9-5-10-18-33)34-19-11-6-12-20-34)41(29)42-30(2)38-26-48-28-40(38)32(4)44(42)50(46,35-21-13-7-14-22-35)36-23-15-8-16-24-36;1-29-37-25-45-27-39(37)31(3)43(47(33-17-9-5-10-18-33)34-19-11-6-12-20-34)41(29)42-30(2)38-26-46-28-40(38)32(4)44(42)48(35-21-13-7-14-22-35)36-23-15-8-16-24-36/h5-24H,25-28H2,1-4H3;5-24H,25-28H2,1-4H3. The molecule has 0 aliphatic carbocycles. The van der Waals surface area contributed by atoms with Crippen molar-refractivity contribution in [1.82, 2.24) is 0 Å². The largest absolute Gasteiger partial charge is 0.372 e. The van der Waals surface area contributed by atoms with Gasteiger partial charge in [-0.1, -0.05) is 243 Å². The summed E-state index contributed by atoms with van der Waals surface area (Å²) in [6.07, 6.45) is 0. The second-order valence-electron chi connectivity index (χ2n) is 26.3. The first-order valence-electron chi connectivity index (χ1n) is 34.0. The lowest BCUT2D eigenvalue weighted by Gasteiger charge is -2.33. The average Bonchev–Trinajstić information content (AvgIpc) is 1.51. The van der Waals surface area contributed by atoms with Crippen molar-refractivity contribution in [1.29, 1.82) is 0 Å². The van der Waals surface area contributed by atoms with E-state index in [2.05, 4.69) is 177 Å². The van der Waals surface area contributed by atoms with Gasteiger partial charge in [-0.3, -0.25) is 0 Å². The Kier molecular flexibility index (Phi) is 18.4. The molecule has 16 rings (SSSR count). The van der Waals surface area contributed by atoms with E-state index in [9.17, 15) is 0 Å². The third-order valence-corrected chi connectivity index (χ3v) is 32.8. The van der Waals surface area contributed by atoms with Crippen LogP contribution < -0.4 is 63.7 Å². The van der Waals surface area contributed by atoms with E-state index in [1.165, 1.54) is 87.5 Å². The van der Waals surface area contributed by atoms with Crippen LogP contribution in [0.3, 0.4) is 0 Å². The number of hydrogen-bond donors (Lipinski definition) is 0. The van der Waals surface area contributed by atoms with Gasteiger partial charge in [-0.25, -0.2) is 0 Å². The first kappa shape index (κ1) is 65.7. The minimum Gasteiger partial charge on any atom is -0.372 e. The molecule has 6 nitrogen and oxygen atoms in total. The quantitative estimate of drug-likeness (QED) is 0.101. The third-order valence-electron chi connectivity index (χ3n) is 21.0. The van der Waals surface area contributed by atoms with Gasteiger partial charge in [0.2, 0.25) is 0 Å². The highest BCUT2D eigenvalue weighted by molar-refractivity contribution is 7.86. The maximum atomic E-state index is 16.6. The number of hydrogen-bond acceptors (Lipinski definition) is 6. The van der Waals surface area contributed by atoms with Crippen LogP contribution in [0.1, 0.15) is 89.0 Å². The van der Waals surface area contributed by atoms with Crippen molar-refractivity contribution in [3.8, 4) is 22.3 Å². The lowest BCUT2D eigenvalue weighted by Crippen LogP contribution is -2.34. The predicted octanol–water partition coefficient (Wildman–Crippen LogP) is 16.1. The summed E-state index contributed by atoms with van der Waals surface area (Å²) >= 11 is 0. The van der Waals surface area contributed by atoms with E-state index in [4.69, 9.17) is 18.9 Å². The van der Waals surface area contributed by atoms with Crippen molar-refractivity contribution in [2.75, 3.05) is 0 Å². The molecular formula is C88H80O6P4. The van der Waals surface area contributed by atoms with Gasteiger partial charge in [0.1, 0.15) is 0 Å². The zero-order chi connectivity index (χ0) is 67.4. The number of benzene rings is 12. The molecule has 0 N–H and O–H groups in total. The molecule has 12 aromatic rings. The Hall–Kier alpha value is -8.20. The summed E-state index contributed by atoms with van der Waals surface area (Å²) in [6.45, 7) is 22.5. The molecular weight excluding hydrogens is 1280 g/mol. The highest BCUT2D eigenvalue weighted by atomic mass is 31.2. The predicted molar refractivity (Wildman–Crippen MR) is 412 cm³/mol. The Morgan fingerprint density at radius 1 is 0.235 bits per heavy atom. The van der Waals surface area contributed by atoms with Crippen LogP contribution in [0.15, 0.2) is 243 Å². The number of fused-ring (bicyclic) bond motifs is 4. The Labute approximate surface area is 580 Å². The zero-order valence-corrected chi connectivity index (χ0v) is 60.6. The van der Waals surface area contributed by atoms with E-state index in [1.807, 2.05) is 121 Å². The lowest BCUT2D eigenvalue weighted by atomic mass is 9.85. The SMILES string of the molecule is Cc1c2c(c(C)c(P(=O)(c3ccccc3)c3ccccc3)c1-c1c(C)c3c(c(C)c1P(=O)(c1ccccc1)c1ccccc1)COC3)COC2.Cc1c2c(c(C)c(P(c3ccccc3)c3ccccc3)c1-c1c(C)c3c(c(C)c1P(c1ccccc1)c1ccccc1)COC3)COC2. The monoisotopic (exact) mass is 1360 g/mol. The van der Waals surface area contributed by atoms with Gasteiger partial charge in [0, 0.05) is 31.8 Å². The Bertz CT molecular complexity index is 4620. The van der Waals surface area contributed by atoms with Crippen LogP contribution in [0.25, 0.3) is 22.3 Å². The summed E-state index contributed by atoms with van der Waals surface area (Å²) in [7, 11) is -8.81. The summed E-state index contributed by atoms with van der Waals surface area (Å²) < 4.78 is 58.0. The fourth-order valence-electron chi connectivity index (χ4n) is 16.1. The van der Waals surface area contributed by atoms with Crippen molar-refractivity contribution in [2.24, 2.45) is 0 Å². The summed E-state index contributed by atoms with van der Waals surface area (Å²) in [5, 5.41) is 13.1. The van der Waals surface area contributed by atoms with Gasteiger partial charge in [-0.15, -0.1) is 0 Å². The molecule has 0 radical (unpaired) electrons. The molecule has 10 heteroatoms. The normalized spacial score (nSPS) is 13.9. The van der Waals surface area contributed by atoms with Gasteiger partial charge in [0.15, 0.2) is 14.3 Å². The van der Waals surface area contributed by atoms with Crippen molar-refractivity contribution < 1.29 is 28.1 Å². The summed E-state index contributed by atoms with van der Waals surface area (Å²) in [4.78, 5) is 0. The van der Waals surface area contributed by atoms with E-state index in [0.717, 1.165) is 87.5 Å². The second-order valence-corrected chi connectivity index (χ2v) is 36.0. The van der Waals surface area contributed by atoms with E-state index in [0.29, 0.717) is 52.9 Å². The minimum absolute atomic E-state index is 0.467. The molecule has 98 heavy (non-hydrogen) atoms. The fraction of sp³-hybridized carbons (Fsp3) is 0.182. The van der Waals surface area contributed by atoms with Gasteiger partial charge in [-0.2, -0.15) is 0 Å². The summed E-state index contributed by atoms with van der Waals surface area (Å²) in [5.41, 5.74) is 24.0. The molecule has 488 valence electrons. The minimum atomic E-state index is -3.52. The van der Waals surface area contributed by atoms with Crippen molar-refractivity contribution in [3.63, 3.8) is 0 Å². The molecule has 0 atom stereocenters. The van der Waals surface area contributed by atoms with Gasteiger partial charge >= 0.3 is 0 Å². The first-order valence-corrected chi connectivity index (χ1v) is 40.1. The topological polar surface area (TPSA) is 71.1 Å². The van der Waals surface area contributed by atoms with Crippen LogP contribution in [-0.4, -0.2) is 0 Å². The molecule has 0 spiro atoms. The molecule has 0 saturated heterocycles. The number of ether oxygens (including phenoxy) is 4. The van der Waals surface area contributed by atoms with Crippen LogP contribution in [0.5, 0.6) is 0 Å². The van der Waals surface area contributed by atoms with Gasteiger partial charge < -0.3 is 28.1 Å². The number of rotatable bonds is 14. The van der Waals surface area contributed by atoms with Crippen LogP contribution in [0.2, 0.25) is 0 Å². The highest BCUT2D eigenvalue weighted by Gasteiger charge is 2.44. The van der Waals surface area contributed by atoms with Crippen LogP contribution >= 0.6 is 30.1 Å².